The van der Waals surface area contributed by atoms with Crippen molar-refractivity contribution in [2.24, 2.45) is 4.99 Å². The number of carbonyl (C=O) groups excluding carboxylic acids is 1. The summed E-state index contributed by atoms with van der Waals surface area (Å²) in [7, 11) is 1.64. The molecule has 1 aromatic heterocycles. The van der Waals surface area contributed by atoms with E-state index in [0.717, 1.165) is 16.0 Å². The Morgan fingerprint density at radius 1 is 1.14 bits per heavy atom. The van der Waals surface area contributed by atoms with Crippen molar-refractivity contribution < 1.29 is 19.0 Å². The van der Waals surface area contributed by atoms with Crippen LogP contribution in [0, 0.1) is 0 Å². The molecule has 0 atom stereocenters. The van der Waals surface area contributed by atoms with E-state index in [-0.39, 0.29) is 12.5 Å². The van der Waals surface area contributed by atoms with Crippen molar-refractivity contribution in [3.8, 4) is 11.5 Å². The molecule has 0 unspecified atom stereocenters. The van der Waals surface area contributed by atoms with Crippen LogP contribution >= 0.6 is 22.9 Å². The van der Waals surface area contributed by atoms with Crippen molar-refractivity contribution in [2.45, 2.75) is 13.5 Å². The molecule has 0 aliphatic rings. The van der Waals surface area contributed by atoms with Crippen LogP contribution in [0.15, 0.2) is 47.5 Å². The van der Waals surface area contributed by atoms with E-state index in [1.54, 1.807) is 31.4 Å². The zero-order valence-corrected chi connectivity index (χ0v) is 17.3. The summed E-state index contributed by atoms with van der Waals surface area (Å²) in [6.45, 7) is 3.50. The van der Waals surface area contributed by atoms with Gasteiger partial charge in [-0.25, -0.2) is 0 Å². The number of halogens is 1. The molecule has 1 heterocycles. The third-order valence-corrected chi connectivity index (χ3v) is 5.17. The molecule has 8 heteroatoms. The fourth-order valence-electron chi connectivity index (χ4n) is 2.61. The Bertz CT molecular complexity index is 1010. The summed E-state index contributed by atoms with van der Waals surface area (Å²) < 4.78 is 19.2. The number of hydrogen-bond donors (Lipinski definition) is 0. The molecule has 2 aromatic carbocycles. The van der Waals surface area contributed by atoms with E-state index in [0.29, 0.717) is 35.3 Å². The SMILES string of the molecule is CCOc1ccc2c(c1)sc(=NC(=O)COc1ccc(Cl)cc1)n2CCOC. The Hall–Kier alpha value is -2.35. The van der Waals surface area contributed by atoms with Crippen LogP contribution in [-0.4, -0.2) is 37.4 Å². The van der Waals surface area contributed by atoms with E-state index in [1.165, 1.54) is 11.3 Å². The van der Waals surface area contributed by atoms with Crippen LogP contribution in [0.5, 0.6) is 11.5 Å². The van der Waals surface area contributed by atoms with Crippen molar-refractivity contribution in [1.82, 2.24) is 4.57 Å². The molecule has 3 aromatic rings. The summed E-state index contributed by atoms with van der Waals surface area (Å²) in [5, 5.41) is 0.610. The second-order valence-electron chi connectivity index (χ2n) is 5.84. The van der Waals surface area contributed by atoms with Gasteiger partial charge in [0, 0.05) is 18.7 Å². The quantitative estimate of drug-likeness (QED) is 0.554. The number of nitrogens with zero attached hydrogens (tertiary/aromatic N) is 2. The zero-order chi connectivity index (χ0) is 19.9. The van der Waals surface area contributed by atoms with Gasteiger partial charge in [0.25, 0.3) is 5.91 Å². The van der Waals surface area contributed by atoms with E-state index in [2.05, 4.69) is 4.99 Å². The Morgan fingerprint density at radius 3 is 2.61 bits per heavy atom. The number of aromatic nitrogens is 1. The highest BCUT2D eigenvalue weighted by Gasteiger charge is 2.10. The number of ether oxygens (including phenoxy) is 3. The second kappa shape index (κ2) is 9.73. The molecule has 148 valence electrons. The van der Waals surface area contributed by atoms with Gasteiger partial charge in [-0.3, -0.25) is 4.79 Å². The highest BCUT2D eigenvalue weighted by atomic mass is 35.5. The third-order valence-electron chi connectivity index (χ3n) is 3.88. The molecule has 6 nitrogen and oxygen atoms in total. The molecule has 0 fully saturated rings. The number of amides is 1. The Balaban J connectivity index is 1.85. The van der Waals surface area contributed by atoms with E-state index < -0.39 is 0 Å². The van der Waals surface area contributed by atoms with Crippen molar-refractivity contribution >= 4 is 39.1 Å². The van der Waals surface area contributed by atoms with Crippen LogP contribution in [0.3, 0.4) is 0 Å². The summed E-state index contributed by atoms with van der Waals surface area (Å²) in [4.78, 5) is 17.2. The molecular formula is C20H21ClN2O4S. The lowest BCUT2D eigenvalue weighted by Crippen LogP contribution is -2.21. The molecule has 3 rings (SSSR count). The molecule has 0 saturated carbocycles. The zero-order valence-electron chi connectivity index (χ0n) is 15.7. The minimum Gasteiger partial charge on any atom is -0.494 e. The number of rotatable bonds is 8. The molecule has 0 radical (unpaired) electrons. The number of thiazole rings is 1. The molecule has 28 heavy (non-hydrogen) atoms. The summed E-state index contributed by atoms with van der Waals surface area (Å²) in [5.74, 6) is 0.995. The van der Waals surface area contributed by atoms with Crippen molar-refractivity contribution in [3.63, 3.8) is 0 Å². The summed E-state index contributed by atoms with van der Waals surface area (Å²) in [5.41, 5.74) is 0.982. The van der Waals surface area contributed by atoms with Gasteiger partial charge in [-0.05, 0) is 49.4 Å². The smallest absolute Gasteiger partial charge is 0.286 e. The minimum atomic E-state index is -0.363. The Labute approximate surface area is 171 Å². The molecule has 0 saturated heterocycles. The highest BCUT2D eigenvalue weighted by molar-refractivity contribution is 7.16. The summed E-state index contributed by atoms with van der Waals surface area (Å²) in [6, 6.07) is 12.7. The highest BCUT2D eigenvalue weighted by Crippen LogP contribution is 2.23. The van der Waals surface area contributed by atoms with Crippen molar-refractivity contribution in [2.75, 3.05) is 26.9 Å². The van der Waals surface area contributed by atoms with E-state index >= 15 is 0 Å². The standard InChI is InChI=1S/C20H21ClN2O4S/c1-3-26-16-8-9-17-18(12-16)28-20(23(17)10-11-25-2)22-19(24)13-27-15-6-4-14(21)5-7-15/h4-9,12H,3,10-11,13H2,1-2H3. The van der Waals surface area contributed by atoms with Crippen LogP contribution in [0.1, 0.15) is 6.92 Å². The maximum absolute atomic E-state index is 12.3. The molecule has 0 aliphatic carbocycles. The molecule has 0 aliphatic heterocycles. The van der Waals surface area contributed by atoms with Crippen LogP contribution in [-0.2, 0) is 16.1 Å². The first-order valence-corrected chi connectivity index (χ1v) is 10.0. The summed E-state index contributed by atoms with van der Waals surface area (Å²) >= 11 is 7.28. The number of benzene rings is 2. The molecule has 0 N–H and O–H groups in total. The van der Waals surface area contributed by atoms with Crippen LogP contribution in [0.4, 0.5) is 0 Å². The van der Waals surface area contributed by atoms with Gasteiger partial charge in [-0.2, -0.15) is 4.99 Å². The lowest BCUT2D eigenvalue weighted by Gasteiger charge is -2.06. The van der Waals surface area contributed by atoms with E-state index in [1.807, 2.05) is 29.7 Å². The number of fused-ring (bicyclic) bond motifs is 1. The third kappa shape index (κ3) is 5.13. The van der Waals surface area contributed by atoms with Gasteiger partial charge in [0.15, 0.2) is 11.4 Å². The fraction of sp³-hybridized carbons (Fsp3) is 0.300. The predicted molar refractivity (Wildman–Crippen MR) is 110 cm³/mol. The molecule has 0 bridgehead atoms. The van der Waals surface area contributed by atoms with E-state index in [9.17, 15) is 4.79 Å². The van der Waals surface area contributed by atoms with Crippen molar-refractivity contribution in [1.29, 1.82) is 0 Å². The van der Waals surface area contributed by atoms with Crippen LogP contribution < -0.4 is 14.3 Å². The maximum Gasteiger partial charge on any atom is 0.286 e. The first kappa shape index (κ1) is 20.4. The summed E-state index contributed by atoms with van der Waals surface area (Å²) in [6.07, 6.45) is 0. The van der Waals surface area contributed by atoms with Gasteiger partial charge < -0.3 is 18.8 Å². The number of carbonyl (C=O) groups is 1. The lowest BCUT2D eigenvalue weighted by atomic mass is 10.3. The molecule has 1 amide bonds. The molecular weight excluding hydrogens is 400 g/mol. The van der Waals surface area contributed by atoms with Gasteiger partial charge in [0.1, 0.15) is 11.5 Å². The van der Waals surface area contributed by atoms with Gasteiger partial charge in [0.05, 0.1) is 23.4 Å². The van der Waals surface area contributed by atoms with Gasteiger partial charge >= 0.3 is 0 Å². The minimum absolute atomic E-state index is 0.148. The van der Waals surface area contributed by atoms with Crippen molar-refractivity contribution in [3.05, 3.63) is 52.3 Å². The second-order valence-corrected chi connectivity index (χ2v) is 7.29. The van der Waals surface area contributed by atoms with Crippen LogP contribution in [0.25, 0.3) is 10.2 Å². The average molecular weight is 421 g/mol. The van der Waals surface area contributed by atoms with E-state index in [4.69, 9.17) is 25.8 Å². The Morgan fingerprint density at radius 2 is 1.89 bits per heavy atom. The fourth-order valence-corrected chi connectivity index (χ4v) is 3.84. The monoisotopic (exact) mass is 420 g/mol. The largest absolute Gasteiger partial charge is 0.494 e. The topological polar surface area (TPSA) is 62.0 Å². The van der Waals surface area contributed by atoms with Crippen LogP contribution in [0.2, 0.25) is 5.02 Å². The van der Waals surface area contributed by atoms with Gasteiger partial charge in [0.2, 0.25) is 0 Å². The first-order chi connectivity index (χ1) is 13.6. The normalized spacial score (nSPS) is 11.8. The number of methoxy groups -OCH3 is 1. The van der Waals surface area contributed by atoms with Gasteiger partial charge in [-0.1, -0.05) is 22.9 Å². The van der Waals surface area contributed by atoms with Gasteiger partial charge in [-0.15, -0.1) is 0 Å². The average Bonchev–Trinajstić information content (AvgIpc) is 3.02. The number of hydrogen-bond acceptors (Lipinski definition) is 5. The maximum atomic E-state index is 12.3. The lowest BCUT2D eigenvalue weighted by molar-refractivity contribution is -0.120. The molecule has 0 spiro atoms. The Kier molecular flexibility index (Phi) is 7.08. The predicted octanol–water partition coefficient (Wildman–Crippen LogP) is 3.91. The first-order valence-electron chi connectivity index (χ1n) is 8.81.